The van der Waals surface area contributed by atoms with Gasteiger partial charge in [-0.2, -0.15) is 15.0 Å². The molecule has 2 heterocycles. The first-order chi connectivity index (χ1) is 14.9. The van der Waals surface area contributed by atoms with Gasteiger partial charge in [0.05, 0.1) is 0 Å². The highest BCUT2D eigenvalue weighted by Gasteiger charge is 2.13. The molecule has 4 aromatic rings. The Morgan fingerprint density at radius 1 is 0.710 bits per heavy atom. The third kappa shape index (κ3) is 5.36. The highest BCUT2D eigenvalue weighted by atomic mass is 32.2. The summed E-state index contributed by atoms with van der Waals surface area (Å²) in [5.74, 6) is 0.941. The molecule has 0 aliphatic carbocycles. The molecule has 0 amide bonds. The van der Waals surface area contributed by atoms with Crippen LogP contribution in [0.25, 0.3) is 0 Å². The van der Waals surface area contributed by atoms with E-state index in [1.165, 1.54) is 34.2 Å². The number of hydrogen-bond donors (Lipinski definition) is 2. The molecule has 7 nitrogen and oxygen atoms in total. The topological polar surface area (TPSA) is 88.5 Å². The van der Waals surface area contributed by atoms with Crippen LogP contribution in [-0.2, 0) is 0 Å². The summed E-state index contributed by atoms with van der Waals surface area (Å²) in [6, 6.07) is 12.4. The Morgan fingerprint density at radius 3 is 1.71 bits per heavy atom. The summed E-state index contributed by atoms with van der Waals surface area (Å²) in [5, 5.41) is 16.4. The first kappa shape index (κ1) is 21.2. The standard InChI is InChI=1S/C22H23N7S2/c1-12-6-8-17(14(3)10-12)23-19-25-20(24-18-9-7-13(2)11-15(18)4)27-21(26-19)31-22-29-28-16(5)30-22/h6-11H,1-5H3,(H2,23,24,25,26,27). The summed E-state index contributed by atoms with van der Waals surface area (Å²) in [4.78, 5) is 13.8. The first-order valence-electron chi connectivity index (χ1n) is 9.78. The van der Waals surface area contributed by atoms with Crippen molar-refractivity contribution >= 4 is 46.4 Å². The van der Waals surface area contributed by atoms with Gasteiger partial charge < -0.3 is 10.6 Å². The van der Waals surface area contributed by atoms with Gasteiger partial charge in [0.2, 0.25) is 17.1 Å². The Labute approximate surface area is 189 Å². The smallest absolute Gasteiger partial charge is 0.233 e. The van der Waals surface area contributed by atoms with Gasteiger partial charge in [0, 0.05) is 11.4 Å². The molecule has 0 aliphatic heterocycles. The molecule has 0 spiro atoms. The molecule has 0 aliphatic rings. The van der Waals surface area contributed by atoms with Crippen LogP contribution in [0.1, 0.15) is 27.3 Å². The van der Waals surface area contributed by atoms with Crippen molar-refractivity contribution in [1.82, 2.24) is 25.1 Å². The Bertz CT molecular complexity index is 1160. The van der Waals surface area contributed by atoms with E-state index in [1.807, 2.05) is 19.1 Å². The van der Waals surface area contributed by atoms with E-state index >= 15 is 0 Å². The summed E-state index contributed by atoms with van der Waals surface area (Å²) in [6.07, 6.45) is 0. The van der Waals surface area contributed by atoms with Gasteiger partial charge in [-0.05, 0) is 69.6 Å². The summed E-state index contributed by atoms with van der Waals surface area (Å²) in [6.45, 7) is 10.2. The quantitative estimate of drug-likeness (QED) is 0.376. The van der Waals surface area contributed by atoms with Crippen LogP contribution in [0.4, 0.5) is 23.3 Å². The summed E-state index contributed by atoms with van der Waals surface area (Å²) < 4.78 is 0.790. The summed E-state index contributed by atoms with van der Waals surface area (Å²) >= 11 is 2.88. The molecule has 9 heteroatoms. The van der Waals surface area contributed by atoms with Crippen molar-refractivity contribution in [1.29, 1.82) is 0 Å². The molecule has 0 atom stereocenters. The Hall–Kier alpha value is -3.04. The fourth-order valence-electron chi connectivity index (χ4n) is 3.06. The van der Waals surface area contributed by atoms with E-state index in [1.54, 1.807) is 0 Å². The maximum atomic E-state index is 4.61. The van der Waals surface area contributed by atoms with Crippen molar-refractivity contribution in [3.8, 4) is 0 Å². The molecule has 158 valence electrons. The number of nitrogens with zero attached hydrogens (tertiary/aromatic N) is 5. The molecule has 0 radical (unpaired) electrons. The Balaban J connectivity index is 1.68. The lowest BCUT2D eigenvalue weighted by atomic mass is 10.1. The van der Waals surface area contributed by atoms with Gasteiger partial charge in [-0.3, -0.25) is 0 Å². The number of anilines is 4. The van der Waals surface area contributed by atoms with Gasteiger partial charge in [0.1, 0.15) is 5.01 Å². The SMILES string of the molecule is Cc1ccc(Nc2nc(Nc3ccc(C)cc3C)nc(Sc3nnc(C)s3)n2)c(C)c1. The predicted octanol–water partition coefficient (Wildman–Crippen LogP) is 5.90. The number of aryl methyl sites for hydroxylation is 5. The second-order valence-corrected chi connectivity index (χ2v) is 9.74. The van der Waals surface area contributed by atoms with Crippen molar-refractivity contribution in [3.05, 3.63) is 63.7 Å². The zero-order valence-corrected chi connectivity index (χ0v) is 19.6. The van der Waals surface area contributed by atoms with Crippen molar-refractivity contribution in [2.24, 2.45) is 0 Å². The maximum Gasteiger partial charge on any atom is 0.233 e. The largest absolute Gasteiger partial charge is 0.324 e. The third-order valence-corrected chi connectivity index (χ3v) is 6.31. The molecule has 0 unspecified atom stereocenters. The molecule has 0 fully saturated rings. The molecular weight excluding hydrogens is 426 g/mol. The van der Waals surface area contributed by atoms with Crippen LogP contribution in [0.3, 0.4) is 0 Å². The van der Waals surface area contributed by atoms with Crippen LogP contribution >= 0.6 is 23.1 Å². The number of benzene rings is 2. The molecule has 0 saturated heterocycles. The lowest BCUT2D eigenvalue weighted by Gasteiger charge is -2.13. The van der Waals surface area contributed by atoms with E-state index < -0.39 is 0 Å². The normalized spacial score (nSPS) is 10.9. The minimum absolute atomic E-state index is 0.470. The van der Waals surface area contributed by atoms with Gasteiger partial charge in [-0.15, -0.1) is 10.2 Å². The summed E-state index contributed by atoms with van der Waals surface area (Å²) in [7, 11) is 0. The lowest BCUT2D eigenvalue weighted by molar-refractivity contribution is 0.913. The van der Waals surface area contributed by atoms with Gasteiger partial charge in [0.25, 0.3) is 0 Å². The van der Waals surface area contributed by atoms with Crippen LogP contribution in [-0.4, -0.2) is 25.1 Å². The second kappa shape index (κ2) is 8.99. The minimum Gasteiger partial charge on any atom is -0.324 e. The molecule has 2 aromatic carbocycles. The van der Waals surface area contributed by atoms with Crippen molar-refractivity contribution < 1.29 is 0 Å². The van der Waals surface area contributed by atoms with Crippen LogP contribution in [0.2, 0.25) is 0 Å². The van der Waals surface area contributed by atoms with E-state index in [9.17, 15) is 0 Å². The number of nitrogens with one attached hydrogen (secondary N) is 2. The molecule has 31 heavy (non-hydrogen) atoms. The van der Waals surface area contributed by atoms with Crippen LogP contribution in [0.15, 0.2) is 45.9 Å². The third-order valence-electron chi connectivity index (χ3n) is 4.56. The average Bonchev–Trinajstić information content (AvgIpc) is 3.11. The van der Waals surface area contributed by atoms with Gasteiger partial charge >= 0.3 is 0 Å². The highest BCUT2D eigenvalue weighted by Crippen LogP contribution is 2.30. The number of aromatic nitrogens is 5. The van der Waals surface area contributed by atoms with E-state index in [-0.39, 0.29) is 0 Å². The van der Waals surface area contributed by atoms with E-state index in [0.29, 0.717) is 17.1 Å². The fourth-order valence-corrected chi connectivity index (χ4v) is 4.73. The second-order valence-electron chi connectivity index (χ2n) is 7.34. The zero-order valence-electron chi connectivity index (χ0n) is 18.0. The van der Waals surface area contributed by atoms with Crippen molar-refractivity contribution in [2.75, 3.05) is 10.6 Å². The molecule has 4 rings (SSSR count). The van der Waals surface area contributed by atoms with Gasteiger partial charge in [-0.25, -0.2) is 0 Å². The maximum absolute atomic E-state index is 4.61. The Kier molecular flexibility index (Phi) is 6.15. The average molecular weight is 450 g/mol. The van der Waals surface area contributed by atoms with E-state index in [2.05, 4.69) is 87.7 Å². The van der Waals surface area contributed by atoms with Crippen molar-refractivity contribution in [2.45, 2.75) is 44.1 Å². The van der Waals surface area contributed by atoms with Gasteiger partial charge in [0.15, 0.2) is 4.34 Å². The highest BCUT2D eigenvalue weighted by molar-refractivity contribution is 8.00. The summed E-state index contributed by atoms with van der Waals surface area (Å²) in [5.41, 5.74) is 6.57. The van der Waals surface area contributed by atoms with Crippen molar-refractivity contribution in [3.63, 3.8) is 0 Å². The van der Waals surface area contributed by atoms with Crippen LogP contribution in [0.5, 0.6) is 0 Å². The monoisotopic (exact) mass is 449 g/mol. The minimum atomic E-state index is 0.470. The molecule has 0 bridgehead atoms. The zero-order chi connectivity index (χ0) is 22.0. The number of rotatable bonds is 6. The molecule has 2 N–H and O–H groups in total. The predicted molar refractivity (Wildman–Crippen MR) is 127 cm³/mol. The fraction of sp³-hybridized carbons (Fsp3) is 0.227. The molecule has 2 aromatic heterocycles. The van der Waals surface area contributed by atoms with Crippen LogP contribution < -0.4 is 10.6 Å². The molecular formula is C22H23N7S2. The first-order valence-corrected chi connectivity index (χ1v) is 11.4. The number of hydrogen-bond acceptors (Lipinski definition) is 9. The van der Waals surface area contributed by atoms with Crippen LogP contribution in [0, 0.1) is 34.6 Å². The lowest BCUT2D eigenvalue weighted by Crippen LogP contribution is -2.06. The van der Waals surface area contributed by atoms with E-state index in [4.69, 9.17) is 0 Å². The molecule has 0 saturated carbocycles. The Morgan fingerprint density at radius 2 is 1.26 bits per heavy atom. The van der Waals surface area contributed by atoms with E-state index in [0.717, 1.165) is 31.8 Å². The van der Waals surface area contributed by atoms with Gasteiger partial charge in [-0.1, -0.05) is 46.7 Å².